The first-order chi connectivity index (χ1) is 17.8. The van der Waals surface area contributed by atoms with Crippen LogP contribution in [0.25, 0.3) is 0 Å². The maximum atomic E-state index is 5.51. The Bertz CT molecular complexity index is 1100. The Kier molecular flexibility index (Phi) is 8.33. The van der Waals surface area contributed by atoms with Gasteiger partial charge < -0.3 is 24.0 Å². The molecule has 0 unspecified atom stereocenters. The largest absolute Gasteiger partial charge is 0.497 e. The molecule has 5 rings (SSSR count). The first-order valence-electron chi connectivity index (χ1n) is 12.8. The summed E-state index contributed by atoms with van der Waals surface area (Å²) in [5.74, 6) is 0.880. The number of hydrogen-bond acceptors (Lipinski definition) is 7. The molecule has 0 bridgehead atoms. The molecule has 0 spiro atoms. The number of aromatic nitrogens is 1. The van der Waals surface area contributed by atoms with Gasteiger partial charge in [0.05, 0.1) is 39.2 Å². The molecule has 0 saturated carbocycles. The molecular weight excluding hydrogens is 452 g/mol. The molecule has 0 atom stereocenters. The van der Waals surface area contributed by atoms with Crippen LogP contribution in [0.3, 0.4) is 0 Å². The number of anilines is 2. The lowest BCUT2D eigenvalue weighted by atomic mass is 10.1. The monoisotopic (exact) mass is 488 g/mol. The molecule has 3 heterocycles. The molecule has 190 valence electrons. The second kappa shape index (κ2) is 12.2. The molecule has 3 aromatic rings. The van der Waals surface area contributed by atoms with Gasteiger partial charge >= 0.3 is 0 Å². The van der Waals surface area contributed by atoms with Gasteiger partial charge in [0.2, 0.25) is 0 Å². The van der Waals surface area contributed by atoms with Crippen molar-refractivity contribution in [1.29, 1.82) is 0 Å². The van der Waals surface area contributed by atoms with Gasteiger partial charge in [-0.25, -0.2) is 0 Å². The molecule has 2 saturated heterocycles. The van der Waals surface area contributed by atoms with Gasteiger partial charge in [-0.05, 0) is 47.5 Å². The Hall–Kier alpha value is -3.13. The number of pyridine rings is 1. The third-order valence-electron chi connectivity index (χ3n) is 6.85. The summed E-state index contributed by atoms with van der Waals surface area (Å²) < 4.78 is 16.5. The number of hydrogen-bond donors (Lipinski definition) is 0. The van der Waals surface area contributed by atoms with Crippen molar-refractivity contribution in [3.63, 3.8) is 0 Å². The number of methoxy groups -OCH3 is 1. The topological polar surface area (TPSA) is 50.3 Å². The summed E-state index contributed by atoms with van der Waals surface area (Å²) in [6, 6.07) is 21.6. The van der Waals surface area contributed by atoms with Crippen molar-refractivity contribution in [2.24, 2.45) is 0 Å². The highest BCUT2D eigenvalue weighted by Crippen LogP contribution is 2.24. The van der Waals surface area contributed by atoms with E-state index in [4.69, 9.17) is 14.2 Å². The van der Waals surface area contributed by atoms with Crippen molar-refractivity contribution < 1.29 is 14.2 Å². The average molecular weight is 489 g/mol. The van der Waals surface area contributed by atoms with Crippen LogP contribution in [0.2, 0.25) is 0 Å². The van der Waals surface area contributed by atoms with Crippen LogP contribution in [0.5, 0.6) is 5.75 Å². The van der Waals surface area contributed by atoms with Crippen molar-refractivity contribution in [3.8, 4) is 5.75 Å². The zero-order chi connectivity index (χ0) is 24.6. The van der Waals surface area contributed by atoms with E-state index in [0.717, 1.165) is 83.7 Å². The van der Waals surface area contributed by atoms with Crippen LogP contribution < -0.4 is 14.5 Å². The zero-order valence-electron chi connectivity index (χ0n) is 21.1. The van der Waals surface area contributed by atoms with E-state index in [1.807, 2.05) is 12.3 Å². The maximum Gasteiger partial charge on any atom is 0.119 e. The van der Waals surface area contributed by atoms with E-state index in [1.165, 1.54) is 22.5 Å². The fourth-order valence-electron chi connectivity index (χ4n) is 4.82. The molecule has 2 aliphatic rings. The predicted molar refractivity (Wildman–Crippen MR) is 143 cm³/mol. The summed E-state index contributed by atoms with van der Waals surface area (Å²) in [6.45, 7) is 9.42. The molecule has 2 aliphatic heterocycles. The molecule has 0 N–H and O–H groups in total. The van der Waals surface area contributed by atoms with Crippen molar-refractivity contribution >= 4 is 11.4 Å². The van der Waals surface area contributed by atoms with Crippen molar-refractivity contribution in [2.75, 3.05) is 69.5 Å². The van der Waals surface area contributed by atoms with Crippen LogP contribution in [0.1, 0.15) is 16.8 Å². The number of ether oxygens (including phenoxy) is 3. The van der Waals surface area contributed by atoms with E-state index in [1.54, 1.807) is 7.11 Å². The molecular formula is C29H36N4O3. The molecule has 2 aromatic carbocycles. The highest BCUT2D eigenvalue weighted by Gasteiger charge is 2.15. The summed E-state index contributed by atoms with van der Waals surface area (Å²) in [6.07, 6.45) is 1.94. The molecule has 1 aromatic heterocycles. The van der Waals surface area contributed by atoms with Gasteiger partial charge in [-0.1, -0.05) is 24.3 Å². The van der Waals surface area contributed by atoms with Crippen molar-refractivity contribution in [1.82, 2.24) is 9.88 Å². The summed E-state index contributed by atoms with van der Waals surface area (Å²) in [4.78, 5) is 11.9. The molecule has 2 fully saturated rings. The van der Waals surface area contributed by atoms with Gasteiger partial charge in [-0.2, -0.15) is 0 Å². The van der Waals surface area contributed by atoms with Crippen LogP contribution in [0, 0.1) is 0 Å². The third kappa shape index (κ3) is 6.55. The fourth-order valence-corrected chi connectivity index (χ4v) is 4.82. The highest BCUT2D eigenvalue weighted by molar-refractivity contribution is 5.51. The van der Waals surface area contributed by atoms with Gasteiger partial charge in [0.15, 0.2) is 0 Å². The predicted octanol–water partition coefficient (Wildman–Crippen LogP) is 3.97. The second-order valence-corrected chi connectivity index (χ2v) is 9.37. The quantitative estimate of drug-likeness (QED) is 0.452. The number of rotatable bonds is 9. The summed E-state index contributed by atoms with van der Waals surface area (Å²) in [5.41, 5.74) is 6.02. The fraction of sp³-hybridized carbons (Fsp3) is 0.414. The minimum absolute atomic E-state index is 0.781. The van der Waals surface area contributed by atoms with Crippen LogP contribution in [-0.4, -0.2) is 69.6 Å². The standard InChI is InChI=1S/C29H36N4O3/c1-34-29-4-2-3-25(19-29)22-33(21-24-5-7-27(8-6-24)32-13-17-36-18-14-32)28-9-10-30-26(20-28)23-31-11-15-35-16-12-31/h2-10,19-20H,11-18,21-23H2,1H3. The summed E-state index contributed by atoms with van der Waals surface area (Å²) in [7, 11) is 1.72. The van der Waals surface area contributed by atoms with Gasteiger partial charge in [0.1, 0.15) is 5.75 Å². The van der Waals surface area contributed by atoms with Gasteiger partial charge in [-0.3, -0.25) is 9.88 Å². The average Bonchev–Trinajstić information content (AvgIpc) is 2.94. The molecule has 7 nitrogen and oxygen atoms in total. The smallest absolute Gasteiger partial charge is 0.119 e. The molecule has 36 heavy (non-hydrogen) atoms. The van der Waals surface area contributed by atoms with Gasteiger partial charge in [0, 0.05) is 63.4 Å². The third-order valence-corrected chi connectivity index (χ3v) is 6.85. The van der Waals surface area contributed by atoms with Crippen molar-refractivity contribution in [2.45, 2.75) is 19.6 Å². The number of morpholine rings is 2. The van der Waals surface area contributed by atoms with E-state index < -0.39 is 0 Å². The van der Waals surface area contributed by atoms with E-state index in [-0.39, 0.29) is 0 Å². The summed E-state index contributed by atoms with van der Waals surface area (Å²) >= 11 is 0. The van der Waals surface area contributed by atoms with Crippen LogP contribution in [0.15, 0.2) is 66.9 Å². The minimum Gasteiger partial charge on any atom is -0.497 e. The lowest BCUT2D eigenvalue weighted by Crippen LogP contribution is -2.36. The minimum atomic E-state index is 0.781. The normalized spacial score (nSPS) is 16.6. The van der Waals surface area contributed by atoms with Gasteiger partial charge in [-0.15, -0.1) is 0 Å². The van der Waals surface area contributed by atoms with Gasteiger partial charge in [0.25, 0.3) is 0 Å². The lowest BCUT2D eigenvalue weighted by molar-refractivity contribution is 0.0336. The maximum absolute atomic E-state index is 5.51. The number of nitrogens with zero attached hydrogens (tertiary/aromatic N) is 4. The second-order valence-electron chi connectivity index (χ2n) is 9.37. The molecule has 0 amide bonds. The SMILES string of the molecule is COc1cccc(CN(Cc2ccc(N3CCOCC3)cc2)c2ccnc(CN3CCOCC3)c2)c1. The Balaban J connectivity index is 1.36. The molecule has 7 heteroatoms. The summed E-state index contributed by atoms with van der Waals surface area (Å²) in [5, 5.41) is 0. The zero-order valence-corrected chi connectivity index (χ0v) is 21.1. The van der Waals surface area contributed by atoms with E-state index in [2.05, 4.69) is 74.3 Å². The van der Waals surface area contributed by atoms with E-state index in [0.29, 0.717) is 0 Å². The first kappa shape index (κ1) is 24.6. The van der Waals surface area contributed by atoms with Crippen LogP contribution in [-0.2, 0) is 29.1 Å². The van der Waals surface area contributed by atoms with E-state index >= 15 is 0 Å². The Labute approximate surface area is 214 Å². The number of benzene rings is 2. The lowest BCUT2D eigenvalue weighted by Gasteiger charge is -2.30. The Morgan fingerprint density at radius 3 is 2.31 bits per heavy atom. The Morgan fingerprint density at radius 2 is 1.56 bits per heavy atom. The van der Waals surface area contributed by atoms with E-state index in [9.17, 15) is 0 Å². The Morgan fingerprint density at radius 1 is 0.833 bits per heavy atom. The first-order valence-corrected chi connectivity index (χ1v) is 12.8. The van der Waals surface area contributed by atoms with Crippen LogP contribution >= 0.6 is 0 Å². The van der Waals surface area contributed by atoms with Crippen molar-refractivity contribution in [3.05, 3.63) is 83.7 Å². The highest BCUT2D eigenvalue weighted by atomic mass is 16.5. The molecule has 0 radical (unpaired) electrons. The molecule has 0 aliphatic carbocycles. The van der Waals surface area contributed by atoms with Crippen LogP contribution in [0.4, 0.5) is 11.4 Å².